The van der Waals surface area contributed by atoms with Gasteiger partial charge in [-0.2, -0.15) is 0 Å². The van der Waals surface area contributed by atoms with Gasteiger partial charge in [-0.05, 0) is 80.6 Å². The number of carbonyl (C=O) groups excluding carboxylic acids is 1. The van der Waals surface area contributed by atoms with Gasteiger partial charge in [0.2, 0.25) is 0 Å². The number of nitrogens with one attached hydrogen (secondary N) is 2. The second kappa shape index (κ2) is 12.1. The summed E-state index contributed by atoms with van der Waals surface area (Å²) in [5.41, 5.74) is 1.93. The molecule has 1 atom stereocenters. The third kappa shape index (κ3) is 6.20. The molecular formula is C35H30BrF2N3O4. The van der Waals surface area contributed by atoms with Crippen LogP contribution >= 0.6 is 15.9 Å². The second-order valence-electron chi connectivity index (χ2n) is 11.8. The van der Waals surface area contributed by atoms with E-state index < -0.39 is 23.0 Å². The molecule has 1 fully saturated rings. The summed E-state index contributed by atoms with van der Waals surface area (Å²) < 4.78 is 37.4. The van der Waals surface area contributed by atoms with Crippen molar-refractivity contribution in [2.75, 3.05) is 0 Å². The SMILES string of the molecule is CC(CCCC1(C=O)CC1)(c1cccc(Br)c1)c1cnc(-c2cc(Oc3c(F)cc4[nH]ccc4c3/C=C/C(=O)O)ccc2F)[nH]1. The van der Waals surface area contributed by atoms with Crippen molar-refractivity contribution in [2.24, 2.45) is 5.41 Å². The topological polar surface area (TPSA) is 108 Å². The summed E-state index contributed by atoms with van der Waals surface area (Å²) in [6, 6.07) is 15.0. The van der Waals surface area contributed by atoms with E-state index in [4.69, 9.17) is 4.74 Å². The van der Waals surface area contributed by atoms with Crippen LogP contribution in [0.4, 0.5) is 8.78 Å². The van der Waals surface area contributed by atoms with Gasteiger partial charge in [-0.3, -0.25) is 0 Å². The molecule has 230 valence electrons. The van der Waals surface area contributed by atoms with E-state index in [9.17, 15) is 14.7 Å². The average Bonchev–Trinajstić information content (AvgIpc) is 3.37. The number of hydrogen-bond acceptors (Lipinski definition) is 4. The van der Waals surface area contributed by atoms with Gasteiger partial charge >= 0.3 is 5.97 Å². The number of halogens is 3. The monoisotopic (exact) mass is 673 g/mol. The van der Waals surface area contributed by atoms with Crippen molar-refractivity contribution in [3.05, 3.63) is 106 Å². The van der Waals surface area contributed by atoms with Gasteiger partial charge in [-0.25, -0.2) is 18.6 Å². The van der Waals surface area contributed by atoms with E-state index in [-0.39, 0.29) is 33.9 Å². The number of carbonyl (C=O) groups is 2. The molecule has 7 nitrogen and oxygen atoms in total. The van der Waals surface area contributed by atoms with Crippen molar-refractivity contribution >= 4 is 45.2 Å². The highest BCUT2D eigenvalue weighted by molar-refractivity contribution is 9.10. The number of ether oxygens (including phenoxy) is 1. The third-order valence-corrected chi connectivity index (χ3v) is 9.23. The van der Waals surface area contributed by atoms with Gasteiger partial charge in [0.05, 0.1) is 5.56 Å². The molecule has 6 rings (SSSR count). The predicted octanol–water partition coefficient (Wildman–Crippen LogP) is 8.94. The van der Waals surface area contributed by atoms with Crippen molar-refractivity contribution in [2.45, 2.75) is 44.4 Å². The van der Waals surface area contributed by atoms with E-state index in [2.05, 4.69) is 43.9 Å². The van der Waals surface area contributed by atoms with Gasteiger partial charge in [-0.1, -0.05) is 34.5 Å². The Morgan fingerprint density at radius 1 is 1.16 bits per heavy atom. The maximum Gasteiger partial charge on any atom is 0.328 e. The van der Waals surface area contributed by atoms with Crippen molar-refractivity contribution in [1.82, 2.24) is 15.0 Å². The zero-order valence-electron chi connectivity index (χ0n) is 24.4. The molecule has 45 heavy (non-hydrogen) atoms. The fourth-order valence-corrected chi connectivity index (χ4v) is 6.26. The van der Waals surface area contributed by atoms with Crippen LogP contribution in [0.25, 0.3) is 28.4 Å². The normalized spacial score (nSPS) is 15.3. The van der Waals surface area contributed by atoms with Crippen LogP contribution < -0.4 is 4.74 Å². The number of aromatic amines is 2. The summed E-state index contributed by atoms with van der Waals surface area (Å²) in [6.07, 6.45) is 10.8. The van der Waals surface area contributed by atoms with Gasteiger partial charge in [0.1, 0.15) is 23.7 Å². The molecule has 0 amide bonds. The highest BCUT2D eigenvalue weighted by atomic mass is 79.9. The number of aromatic nitrogens is 3. The molecule has 1 saturated carbocycles. The Morgan fingerprint density at radius 2 is 1.98 bits per heavy atom. The Bertz CT molecular complexity index is 1940. The molecule has 3 N–H and O–H groups in total. The van der Waals surface area contributed by atoms with E-state index in [1.807, 2.05) is 18.2 Å². The molecular weight excluding hydrogens is 644 g/mol. The number of aldehydes is 1. The predicted molar refractivity (Wildman–Crippen MR) is 171 cm³/mol. The fourth-order valence-electron chi connectivity index (χ4n) is 5.86. The number of aliphatic carboxylic acids is 1. The number of rotatable bonds is 12. The van der Waals surface area contributed by atoms with Crippen LogP contribution in [0, 0.1) is 17.0 Å². The van der Waals surface area contributed by atoms with Crippen LogP contribution in [-0.4, -0.2) is 32.3 Å². The van der Waals surface area contributed by atoms with Crippen LogP contribution in [0.2, 0.25) is 0 Å². The molecule has 2 heterocycles. The minimum atomic E-state index is -1.20. The smallest absolute Gasteiger partial charge is 0.328 e. The summed E-state index contributed by atoms with van der Waals surface area (Å²) in [7, 11) is 0. The lowest BCUT2D eigenvalue weighted by Crippen LogP contribution is -2.25. The zero-order chi connectivity index (χ0) is 31.8. The Balaban J connectivity index is 1.34. The molecule has 3 aromatic carbocycles. The molecule has 5 aromatic rings. The Morgan fingerprint density at radius 3 is 2.71 bits per heavy atom. The zero-order valence-corrected chi connectivity index (χ0v) is 26.0. The van der Waals surface area contributed by atoms with E-state index in [1.165, 1.54) is 30.3 Å². The van der Waals surface area contributed by atoms with Gasteiger partial charge in [0.15, 0.2) is 11.6 Å². The van der Waals surface area contributed by atoms with Gasteiger partial charge in [0.25, 0.3) is 0 Å². The maximum atomic E-state index is 15.3. The van der Waals surface area contributed by atoms with Crippen molar-refractivity contribution in [3.63, 3.8) is 0 Å². The van der Waals surface area contributed by atoms with Crippen LogP contribution in [0.3, 0.4) is 0 Å². The summed E-state index contributed by atoms with van der Waals surface area (Å²) in [4.78, 5) is 33.6. The Labute approximate surface area is 266 Å². The number of benzene rings is 3. The fraction of sp³-hybridized carbons (Fsp3) is 0.229. The molecule has 1 aliphatic rings. The minimum Gasteiger partial charge on any atom is -0.478 e. The number of hydrogen-bond donors (Lipinski definition) is 3. The van der Waals surface area contributed by atoms with Crippen molar-refractivity contribution < 1.29 is 28.2 Å². The second-order valence-corrected chi connectivity index (χ2v) is 12.7. The quantitative estimate of drug-likeness (QED) is 0.0905. The summed E-state index contributed by atoms with van der Waals surface area (Å²) in [6.45, 7) is 2.11. The molecule has 0 bridgehead atoms. The third-order valence-electron chi connectivity index (χ3n) is 8.73. The van der Waals surface area contributed by atoms with Gasteiger partial charge in [-0.15, -0.1) is 0 Å². The number of H-pyrrole nitrogens is 2. The minimum absolute atomic E-state index is 0.124. The van der Waals surface area contributed by atoms with Crippen molar-refractivity contribution in [1.29, 1.82) is 0 Å². The molecule has 0 aliphatic heterocycles. The average molecular weight is 675 g/mol. The van der Waals surface area contributed by atoms with E-state index in [0.717, 1.165) is 60.2 Å². The Hall–Kier alpha value is -4.57. The molecule has 0 saturated heterocycles. The number of fused-ring (bicyclic) bond motifs is 1. The van der Waals surface area contributed by atoms with Crippen molar-refractivity contribution in [3.8, 4) is 22.9 Å². The lowest BCUT2D eigenvalue weighted by molar-refractivity contribution is -0.131. The molecule has 1 aliphatic carbocycles. The lowest BCUT2D eigenvalue weighted by Gasteiger charge is -2.30. The number of carboxylic acids is 1. The number of nitrogens with zero attached hydrogens (tertiary/aromatic N) is 1. The first kappa shape index (κ1) is 30.5. The number of imidazole rings is 1. The molecule has 2 aromatic heterocycles. The molecule has 1 unspecified atom stereocenters. The standard InChI is InChI=1S/C35H30BrF2N3O4/c1-34(21-4-2-5-22(36)16-21,11-3-12-35(20-42)13-14-35)30-19-40-33(41-30)26-17-23(6-8-27(26)37)45-32-25(7-9-31(43)44)24-10-15-39-29(24)18-28(32)38/h2,4-10,15-20,39H,3,11-14H2,1H3,(H,40,41)(H,43,44)/b9-7+. The molecule has 0 radical (unpaired) electrons. The first-order valence-corrected chi connectivity index (χ1v) is 15.4. The van der Waals surface area contributed by atoms with E-state index in [1.54, 1.807) is 18.5 Å². The van der Waals surface area contributed by atoms with Crippen LogP contribution in [-0.2, 0) is 15.0 Å². The highest BCUT2D eigenvalue weighted by Crippen LogP contribution is 2.49. The summed E-state index contributed by atoms with van der Waals surface area (Å²) >= 11 is 3.58. The molecule has 10 heteroatoms. The van der Waals surface area contributed by atoms with E-state index in [0.29, 0.717) is 10.9 Å². The van der Waals surface area contributed by atoms with Gasteiger partial charge in [0, 0.05) is 62.0 Å². The largest absolute Gasteiger partial charge is 0.478 e. The van der Waals surface area contributed by atoms with Crippen LogP contribution in [0.1, 0.15) is 55.8 Å². The Kier molecular flexibility index (Phi) is 8.18. The van der Waals surface area contributed by atoms with Crippen LogP contribution in [0.15, 0.2) is 77.5 Å². The summed E-state index contributed by atoms with van der Waals surface area (Å²) in [5, 5.41) is 9.75. The highest BCUT2D eigenvalue weighted by Gasteiger charge is 2.42. The van der Waals surface area contributed by atoms with Gasteiger partial charge < -0.3 is 24.6 Å². The van der Waals surface area contributed by atoms with E-state index >= 15 is 8.78 Å². The molecule has 0 spiro atoms. The summed E-state index contributed by atoms with van der Waals surface area (Å²) in [5.74, 6) is -2.25. The maximum absolute atomic E-state index is 15.3. The first-order valence-electron chi connectivity index (χ1n) is 14.6. The first-order chi connectivity index (χ1) is 21.6. The number of carboxylic acid groups (broad SMARTS) is 1. The van der Waals surface area contributed by atoms with Crippen LogP contribution in [0.5, 0.6) is 11.5 Å². The lowest BCUT2D eigenvalue weighted by atomic mass is 9.75.